The van der Waals surface area contributed by atoms with Gasteiger partial charge in [0.15, 0.2) is 0 Å². The highest BCUT2D eigenvalue weighted by Crippen LogP contribution is 2.27. The molecule has 2 aromatic rings. The number of benzene rings is 2. The molecule has 0 radical (unpaired) electrons. The van der Waals surface area contributed by atoms with Crippen molar-refractivity contribution in [3.63, 3.8) is 0 Å². The van der Waals surface area contributed by atoms with Crippen LogP contribution in [0.2, 0.25) is 0 Å². The Labute approximate surface area is 100 Å². The Bertz CT molecular complexity index is 523. The van der Waals surface area contributed by atoms with E-state index in [0.717, 1.165) is 16.7 Å². The van der Waals surface area contributed by atoms with E-state index in [4.69, 9.17) is 11.5 Å². The van der Waals surface area contributed by atoms with Gasteiger partial charge in [0.2, 0.25) is 0 Å². The third-order valence-electron chi connectivity index (χ3n) is 2.79. The summed E-state index contributed by atoms with van der Waals surface area (Å²) >= 11 is 0. The minimum Gasteiger partial charge on any atom is -0.326 e. The largest absolute Gasteiger partial charge is 0.326 e. The molecule has 0 bridgehead atoms. The van der Waals surface area contributed by atoms with E-state index < -0.39 is 0 Å². The molecule has 88 valence electrons. The minimum absolute atomic E-state index is 0.247. The molecule has 0 amide bonds. The van der Waals surface area contributed by atoms with E-state index in [0.29, 0.717) is 18.7 Å². The van der Waals surface area contributed by atoms with Crippen molar-refractivity contribution in [2.75, 3.05) is 0 Å². The quantitative estimate of drug-likeness (QED) is 0.850. The fraction of sp³-hybridized carbons (Fsp3) is 0.143. The lowest BCUT2D eigenvalue weighted by Crippen LogP contribution is -2.01. The molecule has 0 spiro atoms. The van der Waals surface area contributed by atoms with Gasteiger partial charge in [-0.25, -0.2) is 4.39 Å². The van der Waals surface area contributed by atoms with Gasteiger partial charge < -0.3 is 11.5 Å². The van der Waals surface area contributed by atoms with Crippen molar-refractivity contribution in [1.29, 1.82) is 0 Å². The molecule has 0 aliphatic carbocycles. The second kappa shape index (κ2) is 5.08. The van der Waals surface area contributed by atoms with Crippen LogP contribution in [0.25, 0.3) is 11.1 Å². The summed E-state index contributed by atoms with van der Waals surface area (Å²) < 4.78 is 13.8. The summed E-state index contributed by atoms with van der Waals surface area (Å²) in [6.45, 7) is 0.792. The Hall–Kier alpha value is -1.71. The van der Waals surface area contributed by atoms with Crippen LogP contribution >= 0.6 is 0 Å². The first-order valence-corrected chi connectivity index (χ1v) is 5.53. The van der Waals surface area contributed by atoms with Crippen molar-refractivity contribution < 1.29 is 4.39 Å². The molecule has 0 saturated carbocycles. The van der Waals surface area contributed by atoms with E-state index in [1.165, 1.54) is 6.07 Å². The van der Waals surface area contributed by atoms with Crippen LogP contribution in [0.4, 0.5) is 4.39 Å². The molecular formula is C14H15FN2. The highest BCUT2D eigenvalue weighted by atomic mass is 19.1. The Balaban J connectivity index is 2.59. The minimum atomic E-state index is -0.247. The third kappa shape index (κ3) is 2.35. The topological polar surface area (TPSA) is 52.0 Å². The lowest BCUT2D eigenvalue weighted by Gasteiger charge is -2.10. The van der Waals surface area contributed by atoms with Crippen LogP contribution in [0.15, 0.2) is 42.5 Å². The van der Waals surface area contributed by atoms with Crippen LogP contribution in [0.3, 0.4) is 0 Å². The number of hydrogen-bond donors (Lipinski definition) is 2. The Kier molecular flexibility index (Phi) is 3.52. The summed E-state index contributed by atoms with van der Waals surface area (Å²) in [7, 11) is 0. The van der Waals surface area contributed by atoms with Gasteiger partial charge in [-0.05, 0) is 28.8 Å². The molecule has 0 atom stereocenters. The number of nitrogens with two attached hydrogens (primary N) is 2. The molecule has 0 aliphatic heterocycles. The monoisotopic (exact) mass is 230 g/mol. The fourth-order valence-corrected chi connectivity index (χ4v) is 1.87. The van der Waals surface area contributed by atoms with E-state index >= 15 is 0 Å². The van der Waals surface area contributed by atoms with Crippen molar-refractivity contribution in [3.05, 3.63) is 59.4 Å². The molecule has 3 heteroatoms. The van der Waals surface area contributed by atoms with E-state index in [9.17, 15) is 4.39 Å². The molecule has 0 heterocycles. The van der Waals surface area contributed by atoms with Gasteiger partial charge in [0.05, 0.1) is 0 Å². The van der Waals surface area contributed by atoms with Gasteiger partial charge in [0, 0.05) is 18.7 Å². The second-order valence-electron chi connectivity index (χ2n) is 3.88. The Morgan fingerprint density at radius 3 is 2.35 bits per heavy atom. The van der Waals surface area contributed by atoms with E-state index in [2.05, 4.69) is 0 Å². The number of rotatable bonds is 3. The third-order valence-corrected chi connectivity index (χ3v) is 2.79. The first kappa shape index (κ1) is 11.8. The summed E-state index contributed by atoms with van der Waals surface area (Å²) in [6, 6.07) is 12.5. The zero-order chi connectivity index (χ0) is 12.3. The van der Waals surface area contributed by atoms with Crippen LogP contribution in [0.5, 0.6) is 0 Å². The fourth-order valence-electron chi connectivity index (χ4n) is 1.87. The summed E-state index contributed by atoms with van der Waals surface area (Å²) in [6.07, 6.45) is 0. The molecule has 0 aliphatic rings. The molecule has 0 unspecified atom stereocenters. The lowest BCUT2D eigenvalue weighted by atomic mass is 9.97. The highest BCUT2D eigenvalue weighted by molar-refractivity contribution is 5.68. The van der Waals surface area contributed by atoms with Crippen molar-refractivity contribution in [2.24, 2.45) is 11.5 Å². The Morgan fingerprint density at radius 1 is 0.882 bits per heavy atom. The zero-order valence-electron chi connectivity index (χ0n) is 9.49. The van der Waals surface area contributed by atoms with Crippen molar-refractivity contribution >= 4 is 0 Å². The molecule has 4 N–H and O–H groups in total. The maximum Gasteiger partial charge on any atom is 0.131 e. The van der Waals surface area contributed by atoms with Crippen molar-refractivity contribution in [1.82, 2.24) is 0 Å². The van der Waals surface area contributed by atoms with Gasteiger partial charge in [-0.2, -0.15) is 0 Å². The van der Waals surface area contributed by atoms with Gasteiger partial charge in [-0.15, -0.1) is 0 Å². The molecule has 17 heavy (non-hydrogen) atoms. The Morgan fingerprint density at radius 2 is 1.65 bits per heavy atom. The summed E-state index contributed by atoms with van der Waals surface area (Å²) in [5, 5.41) is 0. The number of hydrogen-bond acceptors (Lipinski definition) is 2. The van der Waals surface area contributed by atoms with Gasteiger partial charge in [0.1, 0.15) is 5.82 Å². The molecule has 2 rings (SSSR count). The van der Waals surface area contributed by atoms with Crippen molar-refractivity contribution in [2.45, 2.75) is 13.1 Å². The second-order valence-corrected chi connectivity index (χ2v) is 3.88. The summed E-state index contributed by atoms with van der Waals surface area (Å²) in [4.78, 5) is 0. The predicted octanol–water partition coefficient (Wildman–Crippen LogP) is 2.41. The maximum atomic E-state index is 13.8. The maximum absolute atomic E-state index is 13.8. The predicted molar refractivity (Wildman–Crippen MR) is 67.6 cm³/mol. The van der Waals surface area contributed by atoms with E-state index in [1.807, 2.05) is 24.3 Å². The van der Waals surface area contributed by atoms with Gasteiger partial charge >= 0.3 is 0 Å². The molecule has 0 fully saturated rings. The average Bonchev–Trinajstić information content (AvgIpc) is 2.39. The lowest BCUT2D eigenvalue weighted by molar-refractivity contribution is 0.630. The van der Waals surface area contributed by atoms with Crippen molar-refractivity contribution in [3.8, 4) is 11.1 Å². The van der Waals surface area contributed by atoms with Crippen LogP contribution in [-0.4, -0.2) is 0 Å². The smallest absolute Gasteiger partial charge is 0.131 e. The van der Waals surface area contributed by atoms with Crippen LogP contribution in [-0.2, 0) is 13.1 Å². The van der Waals surface area contributed by atoms with Crippen LogP contribution in [0.1, 0.15) is 11.1 Å². The molecule has 2 aromatic carbocycles. The van der Waals surface area contributed by atoms with Gasteiger partial charge in [-0.1, -0.05) is 30.3 Å². The molecular weight excluding hydrogens is 215 g/mol. The first-order valence-electron chi connectivity index (χ1n) is 5.53. The van der Waals surface area contributed by atoms with Gasteiger partial charge in [0.25, 0.3) is 0 Å². The molecule has 0 saturated heterocycles. The normalized spacial score (nSPS) is 10.5. The first-order chi connectivity index (χ1) is 8.26. The summed E-state index contributed by atoms with van der Waals surface area (Å²) in [5.41, 5.74) is 14.5. The highest BCUT2D eigenvalue weighted by Gasteiger charge is 2.09. The average molecular weight is 230 g/mol. The molecule has 0 aromatic heterocycles. The SMILES string of the molecule is NCc1ccc(F)c(-c2ccccc2CN)c1. The standard InChI is InChI=1S/C14H15FN2/c15-14-6-5-10(8-16)7-13(14)12-4-2-1-3-11(12)9-17/h1-7H,8-9,16-17H2. The zero-order valence-corrected chi connectivity index (χ0v) is 9.49. The van der Waals surface area contributed by atoms with Gasteiger partial charge in [-0.3, -0.25) is 0 Å². The van der Waals surface area contributed by atoms with Crippen LogP contribution < -0.4 is 11.5 Å². The van der Waals surface area contributed by atoms with Crippen LogP contribution in [0, 0.1) is 5.82 Å². The van der Waals surface area contributed by atoms with E-state index in [1.54, 1.807) is 12.1 Å². The molecule has 2 nitrogen and oxygen atoms in total. The summed E-state index contributed by atoms with van der Waals surface area (Å²) in [5.74, 6) is -0.247. The van der Waals surface area contributed by atoms with E-state index in [-0.39, 0.29) is 5.82 Å². The number of halogens is 1.